The van der Waals surface area contributed by atoms with Crippen LogP contribution < -0.4 is 14.8 Å². The fraction of sp³-hybridized carbons (Fsp3) is 0.375. The first-order chi connectivity index (χ1) is 15.2. The fourth-order valence-electron chi connectivity index (χ4n) is 3.26. The van der Waals surface area contributed by atoms with Gasteiger partial charge in [0, 0.05) is 12.1 Å². The Bertz CT molecular complexity index is 957. The van der Waals surface area contributed by atoms with Gasteiger partial charge in [0.05, 0.1) is 20.3 Å². The first-order valence-corrected chi connectivity index (χ1v) is 10.7. The van der Waals surface area contributed by atoms with Crippen LogP contribution in [0, 0.1) is 0 Å². The minimum Gasteiger partial charge on any atom is -0.493 e. The Kier molecular flexibility index (Phi) is 8.46. The molecule has 0 aliphatic heterocycles. The molecule has 7 nitrogen and oxygen atoms in total. The molecule has 0 unspecified atom stereocenters. The molecule has 0 atom stereocenters. The van der Waals surface area contributed by atoms with Crippen LogP contribution in [0.1, 0.15) is 54.1 Å². The highest BCUT2D eigenvalue weighted by Crippen LogP contribution is 2.28. The Morgan fingerprint density at radius 1 is 1.06 bits per heavy atom. The highest BCUT2D eigenvalue weighted by atomic mass is 16.5. The van der Waals surface area contributed by atoms with Crippen molar-refractivity contribution in [3.8, 4) is 11.5 Å². The number of carbonyl (C=O) groups is 1. The number of hydrogen-bond acceptors (Lipinski definition) is 5. The zero-order valence-corrected chi connectivity index (χ0v) is 18.2. The second-order valence-electron chi connectivity index (χ2n) is 7.37. The number of nitrogens with one attached hydrogen (secondary N) is 1. The molecule has 3 rings (SSSR count). The lowest BCUT2D eigenvalue weighted by atomic mass is 10.1. The van der Waals surface area contributed by atoms with E-state index in [4.69, 9.17) is 9.47 Å². The van der Waals surface area contributed by atoms with Gasteiger partial charge < -0.3 is 14.8 Å². The summed E-state index contributed by atoms with van der Waals surface area (Å²) in [5.74, 6) is 1.07. The molecule has 0 fully saturated rings. The Morgan fingerprint density at radius 3 is 2.71 bits per heavy atom. The van der Waals surface area contributed by atoms with E-state index in [-0.39, 0.29) is 5.91 Å². The SMILES string of the molecule is CCCCCCOc1ccc(C(=O)NCc2cccc(Cn3cncn3)c2)cc1OC. The Hall–Kier alpha value is -3.35. The quantitative estimate of drug-likeness (QED) is 0.442. The zero-order valence-electron chi connectivity index (χ0n) is 18.2. The number of benzene rings is 2. The molecule has 1 aromatic heterocycles. The smallest absolute Gasteiger partial charge is 0.251 e. The monoisotopic (exact) mass is 422 g/mol. The number of rotatable bonds is 12. The summed E-state index contributed by atoms with van der Waals surface area (Å²) in [4.78, 5) is 16.6. The molecule has 1 amide bonds. The standard InChI is InChI=1S/C24H30N4O3/c1-3-4-5-6-12-31-22-11-10-21(14-23(22)30-2)24(29)26-15-19-8-7-9-20(13-19)16-28-18-25-17-27-28/h7-11,13-14,17-18H,3-6,12,15-16H2,1-2H3,(H,26,29). The highest BCUT2D eigenvalue weighted by Gasteiger charge is 2.11. The second-order valence-corrected chi connectivity index (χ2v) is 7.37. The van der Waals surface area contributed by atoms with Crippen molar-refractivity contribution in [1.29, 1.82) is 0 Å². The van der Waals surface area contributed by atoms with E-state index in [1.54, 1.807) is 36.3 Å². The van der Waals surface area contributed by atoms with Crippen LogP contribution in [0.2, 0.25) is 0 Å². The van der Waals surface area contributed by atoms with E-state index < -0.39 is 0 Å². The van der Waals surface area contributed by atoms with Crippen molar-refractivity contribution in [3.05, 3.63) is 71.8 Å². The number of aromatic nitrogens is 3. The van der Waals surface area contributed by atoms with Crippen LogP contribution in [-0.4, -0.2) is 34.4 Å². The van der Waals surface area contributed by atoms with E-state index in [0.717, 1.165) is 24.0 Å². The van der Waals surface area contributed by atoms with Gasteiger partial charge in [0.1, 0.15) is 12.7 Å². The van der Waals surface area contributed by atoms with Gasteiger partial charge in [-0.05, 0) is 35.7 Å². The van der Waals surface area contributed by atoms with Gasteiger partial charge in [0.15, 0.2) is 11.5 Å². The maximum Gasteiger partial charge on any atom is 0.251 e. The van der Waals surface area contributed by atoms with Crippen LogP contribution in [0.3, 0.4) is 0 Å². The van der Waals surface area contributed by atoms with E-state index in [1.807, 2.05) is 18.2 Å². The Morgan fingerprint density at radius 2 is 1.94 bits per heavy atom. The molecule has 0 saturated carbocycles. The van der Waals surface area contributed by atoms with Crippen molar-refractivity contribution < 1.29 is 14.3 Å². The van der Waals surface area contributed by atoms with Gasteiger partial charge in [-0.1, -0.05) is 50.5 Å². The number of methoxy groups -OCH3 is 1. The van der Waals surface area contributed by atoms with Crippen LogP contribution in [0.4, 0.5) is 0 Å². The normalized spacial score (nSPS) is 10.6. The molecule has 164 valence electrons. The van der Waals surface area contributed by atoms with Gasteiger partial charge in [-0.25, -0.2) is 9.67 Å². The summed E-state index contributed by atoms with van der Waals surface area (Å²) >= 11 is 0. The van der Waals surface area contributed by atoms with Gasteiger partial charge in [0.25, 0.3) is 5.91 Å². The Labute approximate surface area is 183 Å². The summed E-state index contributed by atoms with van der Waals surface area (Å²) in [7, 11) is 1.58. The first kappa shape index (κ1) is 22.3. The molecular formula is C24H30N4O3. The molecule has 0 aliphatic carbocycles. The molecule has 7 heteroatoms. The average molecular weight is 423 g/mol. The summed E-state index contributed by atoms with van der Waals surface area (Å²) in [6.07, 6.45) is 7.76. The van der Waals surface area contributed by atoms with Crippen LogP contribution in [0.25, 0.3) is 0 Å². The van der Waals surface area contributed by atoms with Gasteiger partial charge >= 0.3 is 0 Å². The summed E-state index contributed by atoms with van der Waals surface area (Å²) < 4.78 is 13.0. The molecular weight excluding hydrogens is 392 g/mol. The lowest BCUT2D eigenvalue weighted by molar-refractivity contribution is 0.0950. The minimum atomic E-state index is -0.158. The van der Waals surface area contributed by atoms with E-state index in [0.29, 0.717) is 36.8 Å². The maximum atomic E-state index is 12.6. The van der Waals surface area contributed by atoms with Crippen LogP contribution in [0.5, 0.6) is 11.5 Å². The number of nitrogens with zero attached hydrogens (tertiary/aromatic N) is 3. The summed E-state index contributed by atoms with van der Waals surface area (Å²) in [5.41, 5.74) is 2.65. The van der Waals surface area contributed by atoms with Crippen molar-refractivity contribution in [1.82, 2.24) is 20.1 Å². The Balaban J connectivity index is 1.55. The molecule has 0 spiro atoms. The molecule has 0 bridgehead atoms. The molecule has 0 radical (unpaired) electrons. The molecule has 1 heterocycles. The van der Waals surface area contributed by atoms with Crippen molar-refractivity contribution in [3.63, 3.8) is 0 Å². The molecule has 3 aromatic rings. The topological polar surface area (TPSA) is 78.3 Å². The number of hydrogen-bond donors (Lipinski definition) is 1. The fourth-order valence-corrected chi connectivity index (χ4v) is 3.26. The largest absolute Gasteiger partial charge is 0.493 e. The third-order valence-electron chi connectivity index (χ3n) is 4.94. The van der Waals surface area contributed by atoms with Crippen LogP contribution >= 0.6 is 0 Å². The molecule has 1 N–H and O–H groups in total. The average Bonchev–Trinajstić information content (AvgIpc) is 3.30. The van der Waals surface area contributed by atoms with Gasteiger partial charge in [0.2, 0.25) is 0 Å². The highest BCUT2D eigenvalue weighted by molar-refractivity contribution is 5.94. The van der Waals surface area contributed by atoms with E-state index in [2.05, 4.69) is 28.4 Å². The lowest BCUT2D eigenvalue weighted by Crippen LogP contribution is -2.23. The number of carbonyl (C=O) groups excluding carboxylic acids is 1. The minimum absolute atomic E-state index is 0.158. The van der Waals surface area contributed by atoms with Crippen molar-refractivity contribution in [2.24, 2.45) is 0 Å². The predicted octanol–water partition coefficient (Wildman–Crippen LogP) is 4.22. The van der Waals surface area contributed by atoms with Crippen molar-refractivity contribution in [2.45, 2.75) is 45.7 Å². The third kappa shape index (κ3) is 6.84. The van der Waals surface area contributed by atoms with E-state index in [1.165, 1.54) is 19.2 Å². The van der Waals surface area contributed by atoms with Gasteiger partial charge in [-0.2, -0.15) is 5.10 Å². The van der Waals surface area contributed by atoms with E-state index >= 15 is 0 Å². The van der Waals surface area contributed by atoms with Crippen LogP contribution in [0.15, 0.2) is 55.1 Å². The molecule has 31 heavy (non-hydrogen) atoms. The second kappa shape index (κ2) is 11.7. The van der Waals surface area contributed by atoms with Gasteiger partial charge in [-0.3, -0.25) is 4.79 Å². The van der Waals surface area contributed by atoms with Crippen molar-refractivity contribution in [2.75, 3.05) is 13.7 Å². The lowest BCUT2D eigenvalue weighted by Gasteiger charge is -2.12. The van der Waals surface area contributed by atoms with Crippen molar-refractivity contribution >= 4 is 5.91 Å². The summed E-state index contributed by atoms with van der Waals surface area (Å²) in [5, 5.41) is 7.09. The van der Waals surface area contributed by atoms with E-state index in [9.17, 15) is 4.79 Å². The number of ether oxygens (including phenoxy) is 2. The zero-order chi connectivity index (χ0) is 21.9. The first-order valence-electron chi connectivity index (χ1n) is 10.7. The molecule has 2 aromatic carbocycles. The maximum absolute atomic E-state index is 12.6. The number of unbranched alkanes of at least 4 members (excludes halogenated alkanes) is 3. The number of amides is 1. The third-order valence-corrected chi connectivity index (χ3v) is 4.94. The molecule has 0 aliphatic rings. The van der Waals surface area contributed by atoms with Gasteiger partial charge in [-0.15, -0.1) is 0 Å². The predicted molar refractivity (Wildman–Crippen MR) is 119 cm³/mol. The molecule has 0 saturated heterocycles. The summed E-state index contributed by atoms with van der Waals surface area (Å²) in [6.45, 7) is 3.90. The summed E-state index contributed by atoms with van der Waals surface area (Å²) in [6, 6.07) is 13.3. The van der Waals surface area contributed by atoms with Crippen LogP contribution in [-0.2, 0) is 13.1 Å².